The van der Waals surface area contributed by atoms with Gasteiger partial charge in [0.1, 0.15) is 13.1 Å². The summed E-state index contributed by atoms with van der Waals surface area (Å²) in [5.41, 5.74) is 0. The van der Waals surface area contributed by atoms with Gasteiger partial charge in [0, 0.05) is 25.0 Å². The van der Waals surface area contributed by atoms with Crippen LogP contribution in [0.2, 0.25) is 0 Å². The van der Waals surface area contributed by atoms with E-state index >= 15 is 0 Å². The fourth-order valence-electron chi connectivity index (χ4n) is 1.58. The average Bonchev–Trinajstić information content (AvgIpc) is 2.79. The Kier molecular flexibility index (Phi) is 5.51. The Morgan fingerprint density at radius 2 is 1.90 bits per heavy atom. The van der Waals surface area contributed by atoms with Crippen molar-refractivity contribution >= 4 is 18.0 Å². The summed E-state index contributed by atoms with van der Waals surface area (Å²) in [5, 5.41) is 19.9. The second-order valence-corrected chi connectivity index (χ2v) is 4.25. The summed E-state index contributed by atoms with van der Waals surface area (Å²) in [5.74, 6) is -2.55. The normalized spacial score (nSPS) is 11.7. The molecular formula is C11H16N4O5. The van der Waals surface area contributed by atoms with Gasteiger partial charge in [-0.15, -0.1) is 0 Å². The first-order chi connectivity index (χ1) is 9.38. The molecular weight excluding hydrogens is 268 g/mol. The maximum Gasteiger partial charge on any atom is 0.323 e. The maximum absolute atomic E-state index is 11.8. The van der Waals surface area contributed by atoms with Crippen LogP contribution >= 0.6 is 0 Å². The molecule has 0 radical (unpaired) electrons. The number of amides is 2. The van der Waals surface area contributed by atoms with Crippen LogP contribution in [0.25, 0.3) is 0 Å². The van der Waals surface area contributed by atoms with Crippen molar-refractivity contribution in [3.63, 3.8) is 0 Å². The molecule has 2 amide bonds. The highest BCUT2D eigenvalue weighted by Gasteiger charge is 2.20. The Balaban J connectivity index is 2.55. The van der Waals surface area contributed by atoms with Gasteiger partial charge in [0.25, 0.3) is 0 Å². The predicted octanol–water partition coefficient (Wildman–Crippen LogP) is -0.548. The second-order valence-electron chi connectivity index (χ2n) is 4.25. The lowest BCUT2D eigenvalue weighted by atomic mass is 10.3. The van der Waals surface area contributed by atoms with Crippen LogP contribution < -0.4 is 5.32 Å². The van der Waals surface area contributed by atoms with E-state index in [9.17, 15) is 14.4 Å². The van der Waals surface area contributed by atoms with Crippen molar-refractivity contribution < 1.29 is 24.6 Å². The minimum absolute atomic E-state index is 0.304. The van der Waals surface area contributed by atoms with E-state index in [0.717, 1.165) is 4.90 Å². The molecule has 0 aliphatic heterocycles. The predicted molar refractivity (Wildman–Crippen MR) is 67.1 cm³/mol. The number of carboxylic acid groups (broad SMARTS) is 2. The molecule has 0 aliphatic rings. The smallest absolute Gasteiger partial charge is 0.323 e. The van der Waals surface area contributed by atoms with E-state index in [4.69, 9.17) is 10.2 Å². The molecule has 0 aliphatic carbocycles. The monoisotopic (exact) mass is 284 g/mol. The van der Waals surface area contributed by atoms with Crippen molar-refractivity contribution in [2.75, 3.05) is 13.1 Å². The Morgan fingerprint density at radius 3 is 2.35 bits per heavy atom. The van der Waals surface area contributed by atoms with Crippen LogP contribution in [0.1, 0.15) is 6.92 Å². The van der Waals surface area contributed by atoms with Crippen LogP contribution in [-0.2, 0) is 16.1 Å². The molecule has 0 aromatic carbocycles. The van der Waals surface area contributed by atoms with E-state index in [2.05, 4.69) is 10.3 Å². The molecule has 0 bridgehead atoms. The summed E-state index contributed by atoms with van der Waals surface area (Å²) in [7, 11) is 0. The minimum atomic E-state index is -1.27. The first kappa shape index (κ1) is 15.5. The molecule has 3 N–H and O–H groups in total. The van der Waals surface area contributed by atoms with Crippen LogP contribution in [0.4, 0.5) is 4.79 Å². The number of imidazole rings is 1. The van der Waals surface area contributed by atoms with Crippen LogP contribution in [0.3, 0.4) is 0 Å². The molecule has 20 heavy (non-hydrogen) atoms. The first-order valence-electron chi connectivity index (χ1n) is 5.83. The van der Waals surface area contributed by atoms with Crippen molar-refractivity contribution in [1.82, 2.24) is 19.8 Å². The molecule has 1 rings (SSSR count). The third-order valence-corrected chi connectivity index (χ3v) is 2.35. The number of hydrogen-bond acceptors (Lipinski definition) is 4. The molecule has 0 saturated heterocycles. The average molecular weight is 284 g/mol. The van der Waals surface area contributed by atoms with Gasteiger partial charge in [0.15, 0.2) is 0 Å². The maximum atomic E-state index is 11.8. The topological polar surface area (TPSA) is 125 Å². The van der Waals surface area contributed by atoms with Gasteiger partial charge in [-0.05, 0) is 6.92 Å². The van der Waals surface area contributed by atoms with Crippen molar-refractivity contribution in [3.8, 4) is 0 Å². The standard InChI is InChI=1S/C11H16N4O5/c1-8(4-14-3-2-12-7-14)13-11(20)15(5-9(16)17)6-10(18)19/h2-3,7-8H,4-6H2,1H3,(H,13,20)(H,16,17)(H,18,19). The number of carbonyl (C=O) groups excluding carboxylic acids is 1. The van der Waals surface area contributed by atoms with E-state index in [1.165, 1.54) is 0 Å². The van der Waals surface area contributed by atoms with Gasteiger partial charge in [-0.2, -0.15) is 0 Å². The van der Waals surface area contributed by atoms with Gasteiger partial charge in [-0.1, -0.05) is 0 Å². The summed E-state index contributed by atoms with van der Waals surface area (Å²) in [6, 6.07) is -1.04. The van der Waals surface area contributed by atoms with Gasteiger partial charge < -0.3 is 25.0 Å². The summed E-state index contributed by atoms with van der Waals surface area (Å²) in [6.45, 7) is 0.823. The molecule has 110 valence electrons. The zero-order chi connectivity index (χ0) is 15.1. The quantitative estimate of drug-likeness (QED) is 0.617. The van der Waals surface area contributed by atoms with Gasteiger partial charge in [-0.25, -0.2) is 9.78 Å². The van der Waals surface area contributed by atoms with Crippen LogP contribution in [-0.4, -0.2) is 61.8 Å². The van der Waals surface area contributed by atoms with E-state index in [-0.39, 0.29) is 6.04 Å². The van der Waals surface area contributed by atoms with Crippen LogP contribution in [0.5, 0.6) is 0 Å². The molecule has 1 unspecified atom stereocenters. The van der Waals surface area contributed by atoms with E-state index in [1.807, 2.05) is 0 Å². The lowest BCUT2D eigenvalue weighted by Gasteiger charge is -2.22. The molecule has 1 aromatic heterocycles. The van der Waals surface area contributed by atoms with E-state index in [0.29, 0.717) is 6.54 Å². The highest BCUT2D eigenvalue weighted by Crippen LogP contribution is 1.96. The van der Waals surface area contributed by atoms with Crippen LogP contribution in [0, 0.1) is 0 Å². The van der Waals surface area contributed by atoms with Gasteiger partial charge in [-0.3, -0.25) is 9.59 Å². The SMILES string of the molecule is CC(Cn1ccnc1)NC(=O)N(CC(=O)O)CC(=O)O. The number of nitrogens with zero attached hydrogens (tertiary/aromatic N) is 3. The summed E-state index contributed by atoms with van der Waals surface area (Å²) in [4.78, 5) is 37.6. The lowest BCUT2D eigenvalue weighted by molar-refractivity contribution is -0.140. The number of urea groups is 1. The molecule has 1 heterocycles. The Hall–Kier alpha value is -2.58. The number of nitrogens with one attached hydrogen (secondary N) is 1. The van der Waals surface area contributed by atoms with Gasteiger partial charge in [0.05, 0.1) is 6.33 Å². The highest BCUT2D eigenvalue weighted by molar-refractivity contribution is 5.84. The first-order valence-corrected chi connectivity index (χ1v) is 5.83. The van der Waals surface area contributed by atoms with Crippen molar-refractivity contribution in [3.05, 3.63) is 18.7 Å². The minimum Gasteiger partial charge on any atom is -0.480 e. The molecule has 1 atom stereocenters. The fourth-order valence-corrected chi connectivity index (χ4v) is 1.58. The van der Waals surface area contributed by atoms with Gasteiger partial charge in [0.2, 0.25) is 0 Å². The number of rotatable bonds is 7. The van der Waals surface area contributed by atoms with Crippen molar-refractivity contribution in [2.45, 2.75) is 19.5 Å². The van der Waals surface area contributed by atoms with Crippen molar-refractivity contribution in [1.29, 1.82) is 0 Å². The fraction of sp³-hybridized carbons (Fsp3) is 0.455. The lowest BCUT2D eigenvalue weighted by Crippen LogP contribution is -2.48. The molecule has 1 aromatic rings. The molecule has 0 fully saturated rings. The number of carboxylic acids is 2. The molecule has 9 heteroatoms. The Labute approximate surface area is 114 Å². The Bertz CT molecular complexity index is 457. The number of hydrogen-bond donors (Lipinski definition) is 3. The third-order valence-electron chi connectivity index (χ3n) is 2.35. The van der Waals surface area contributed by atoms with Gasteiger partial charge >= 0.3 is 18.0 Å². The number of aliphatic carboxylic acids is 2. The van der Waals surface area contributed by atoms with E-state index in [1.54, 1.807) is 30.2 Å². The summed E-state index contributed by atoms with van der Waals surface area (Å²) < 4.78 is 1.74. The summed E-state index contributed by atoms with van der Waals surface area (Å²) in [6.07, 6.45) is 4.89. The third kappa shape index (κ3) is 5.38. The second kappa shape index (κ2) is 7.12. The number of carbonyl (C=O) groups is 3. The highest BCUT2D eigenvalue weighted by atomic mass is 16.4. The molecule has 9 nitrogen and oxygen atoms in total. The zero-order valence-electron chi connectivity index (χ0n) is 10.9. The number of aromatic nitrogens is 2. The summed E-state index contributed by atoms with van der Waals surface area (Å²) >= 11 is 0. The molecule has 0 saturated carbocycles. The van der Waals surface area contributed by atoms with Crippen molar-refractivity contribution in [2.24, 2.45) is 0 Å². The van der Waals surface area contributed by atoms with Crippen LogP contribution in [0.15, 0.2) is 18.7 Å². The molecule has 0 spiro atoms. The largest absolute Gasteiger partial charge is 0.480 e. The zero-order valence-corrected chi connectivity index (χ0v) is 10.9. The van der Waals surface area contributed by atoms with E-state index < -0.39 is 31.1 Å². The Morgan fingerprint density at radius 1 is 1.30 bits per heavy atom.